The van der Waals surface area contributed by atoms with Gasteiger partial charge in [0.15, 0.2) is 0 Å². The van der Waals surface area contributed by atoms with Gasteiger partial charge in [0.25, 0.3) is 0 Å². The zero-order valence-corrected chi connectivity index (χ0v) is 11.5. The van der Waals surface area contributed by atoms with E-state index in [4.69, 9.17) is 9.47 Å². The molecule has 2 aliphatic rings. The number of nitrogens with one attached hydrogen (secondary N) is 1. The molecule has 1 unspecified atom stereocenters. The summed E-state index contributed by atoms with van der Waals surface area (Å²) in [5, 5.41) is 13.1. The molecule has 0 aromatic heterocycles. The SMILES string of the molecule is CC1(CNCC(O)COCC2CC2)CCOCC1. The summed E-state index contributed by atoms with van der Waals surface area (Å²) in [6.45, 7) is 6.89. The van der Waals surface area contributed by atoms with Crippen molar-refractivity contribution in [1.82, 2.24) is 5.32 Å². The van der Waals surface area contributed by atoms with E-state index in [0.29, 0.717) is 18.6 Å². The minimum Gasteiger partial charge on any atom is -0.389 e. The van der Waals surface area contributed by atoms with Crippen LogP contribution in [0.4, 0.5) is 0 Å². The maximum atomic E-state index is 9.78. The fourth-order valence-electron chi connectivity index (χ4n) is 2.30. The van der Waals surface area contributed by atoms with Crippen LogP contribution in [0, 0.1) is 11.3 Å². The average Bonchev–Trinajstić information content (AvgIpc) is 3.14. The standard InChI is InChI=1S/C14H27NO3/c1-14(4-6-17-7-5-14)11-15-8-13(16)10-18-9-12-2-3-12/h12-13,15-16H,2-11H2,1H3. The van der Waals surface area contributed by atoms with Crippen LogP contribution in [0.15, 0.2) is 0 Å². The van der Waals surface area contributed by atoms with Gasteiger partial charge in [0.05, 0.1) is 12.7 Å². The lowest BCUT2D eigenvalue weighted by atomic mass is 9.82. The summed E-state index contributed by atoms with van der Waals surface area (Å²) in [5.74, 6) is 0.770. The third-order valence-corrected chi connectivity index (χ3v) is 3.99. The molecule has 4 nitrogen and oxygen atoms in total. The molecule has 106 valence electrons. The zero-order chi connectivity index (χ0) is 12.8. The maximum Gasteiger partial charge on any atom is 0.0897 e. The Kier molecular flexibility index (Phi) is 5.42. The van der Waals surface area contributed by atoms with Crippen LogP contribution in [0.1, 0.15) is 32.6 Å². The smallest absolute Gasteiger partial charge is 0.0897 e. The number of aliphatic hydroxyl groups excluding tert-OH is 1. The molecule has 1 atom stereocenters. The van der Waals surface area contributed by atoms with Gasteiger partial charge in [-0.15, -0.1) is 0 Å². The first kappa shape index (κ1) is 14.3. The largest absolute Gasteiger partial charge is 0.389 e. The van der Waals surface area contributed by atoms with Gasteiger partial charge in [-0.1, -0.05) is 6.92 Å². The molecule has 0 radical (unpaired) electrons. The Labute approximate surface area is 110 Å². The topological polar surface area (TPSA) is 50.7 Å². The summed E-state index contributed by atoms with van der Waals surface area (Å²) >= 11 is 0. The molecule has 1 heterocycles. The molecule has 2 rings (SSSR count). The van der Waals surface area contributed by atoms with Gasteiger partial charge in [-0.05, 0) is 37.0 Å². The van der Waals surface area contributed by atoms with Gasteiger partial charge in [0.2, 0.25) is 0 Å². The Hall–Kier alpha value is -0.160. The molecule has 2 N–H and O–H groups in total. The highest BCUT2D eigenvalue weighted by Gasteiger charge is 2.27. The van der Waals surface area contributed by atoms with Crippen molar-refractivity contribution in [3.63, 3.8) is 0 Å². The van der Waals surface area contributed by atoms with Crippen LogP contribution < -0.4 is 5.32 Å². The van der Waals surface area contributed by atoms with Crippen molar-refractivity contribution in [3.05, 3.63) is 0 Å². The van der Waals surface area contributed by atoms with Gasteiger partial charge in [0, 0.05) is 32.9 Å². The number of rotatable bonds is 8. The predicted molar refractivity (Wildman–Crippen MR) is 70.6 cm³/mol. The fourth-order valence-corrected chi connectivity index (χ4v) is 2.30. The van der Waals surface area contributed by atoms with Crippen LogP contribution in [0.3, 0.4) is 0 Å². The Bertz CT molecular complexity index is 237. The van der Waals surface area contributed by atoms with Crippen molar-refractivity contribution >= 4 is 0 Å². The van der Waals surface area contributed by atoms with Gasteiger partial charge in [0.1, 0.15) is 0 Å². The van der Waals surface area contributed by atoms with E-state index in [-0.39, 0.29) is 6.10 Å². The fraction of sp³-hybridized carbons (Fsp3) is 1.00. The minimum absolute atomic E-state index is 0.326. The second-order valence-electron chi connectivity index (χ2n) is 6.19. The van der Waals surface area contributed by atoms with Crippen molar-refractivity contribution in [3.8, 4) is 0 Å². The van der Waals surface area contributed by atoms with E-state index in [2.05, 4.69) is 12.2 Å². The molecule has 0 aromatic carbocycles. The zero-order valence-electron chi connectivity index (χ0n) is 11.5. The molecule has 1 aliphatic carbocycles. The monoisotopic (exact) mass is 257 g/mol. The molecule has 4 heteroatoms. The third-order valence-electron chi connectivity index (χ3n) is 3.99. The maximum absolute atomic E-state index is 9.78. The quantitative estimate of drug-likeness (QED) is 0.685. The van der Waals surface area contributed by atoms with Crippen molar-refractivity contribution < 1.29 is 14.6 Å². The lowest BCUT2D eigenvalue weighted by Crippen LogP contribution is -2.40. The lowest BCUT2D eigenvalue weighted by molar-refractivity contribution is 0.0151. The molecular weight excluding hydrogens is 230 g/mol. The number of ether oxygens (including phenoxy) is 2. The molecule has 0 amide bonds. The van der Waals surface area contributed by atoms with E-state index in [1.807, 2.05) is 0 Å². The second-order valence-corrected chi connectivity index (χ2v) is 6.19. The number of aliphatic hydroxyl groups is 1. The molecule has 18 heavy (non-hydrogen) atoms. The summed E-state index contributed by atoms with van der Waals surface area (Å²) < 4.78 is 10.9. The van der Waals surface area contributed by atoms with E-state index in [1.54, 1.807) is 0 Å². The van der Waals surface area contributed by atoms with Crippen LogP contribution in [0.25, 0.3) is 0 Å². The number of hydrogen-bond acceptors (Lipinski definition) is 4. The summed E-state index contributed by atoms with van der Waals surface area (Å²) in [7, 11) is 0. The normalized spacial score (nSPS) is 25.0. The molecule has 0 bridgehead atoms. The molecule has 1 saturated heterocycles. The van der Waals surface area contributed by atoms with E-state index in [9.17, 15) is 5.11 Å². The highest BCUT2D eigenvalue weighted by Crippen LogP contribution is 2.29. The van der Waals surface area contributed by atoms with Gasteiger partial charge < -0.3 is 19.9 Å². The highest BCUT2D eigenvalue weighted by molar-refractivity contribution is 4.80. The first-order valence-corrected chi connectivity index (χ1v) is 7.22. The molecular formula is C14H27NO3. The van der Waals surface area contributed by atoms with Crippen molar-refractivity contribution in [2.24, 2.45) is 11.3 Å². The van der Waals surface area contributed by atoms with E-state index in [0.717, 1.165) is 45.1 Å². The average molecular weight is 257 g/mol. The second kappa shape index (κ2) is 6.85. The Morgan fingerprint density at radius 2 is 2.11 bits per heavy atom. The molecule has 0 spiro atoms. The van der Waals surface area contributed by atoms with Crippen molar-refractivity contribution in [2.45, 2.75) is 38.7 Å². The lowest BCUT2D eigenvalue weighted by Gasteiger charge is -2.34. The van der Waals surface area contributed by atoms with Crippen molar-refractivity contribution in [1.29, 1.82) is 0 Å². The number of hydrogen-bond donors (Lipinski definition) is 2. The molecule has 2 fully saturated rings. The van der Waals surface area contributed by atoms with Gasteiger partial charge >= 0.3 is 0 Å². The van der Waals surface area contributed by atoms with Gasteiger partial charge in [-0.3, -0.25) is 0 Å². The molecule has 1 aliphatic heterocycles. The van der Waals surface area contributed by atoms with Crippen LogP contribution in [-0.4, -0.2) is 50.7 Å². The van der Waals surface area contributed by atoms with E-state index in [1.165, 1.54) is 12.8 Å². The van der Waals surface area contributed by atoms with Crippen molar-refractivity contribution in [2.75, 3.05) is 39.5 Å². The van der Waals surface area contributed by atoms with E-state index < -0.39 is 0 Å². The van der Waals surface area contributed by atoms with Crippen LogP contribution in [-0.2, 0) is 9.47 Å². The summed E-state index contributed by atoms with van der Waals surface area (Å²) in [6.07, 6.45) is 4.43. The summed E-state index contributed by atoms with van der Waals surface area (Å²) in [5.41, 5.74) is 0.326. The van der Waals surface area contributed by atoms with Gasteiger partial charge in [-0.2, -0.15) is 0 Å². The first-order valence-electron chi connectivity index (χ1n) is 7.22. The summed E-state index contributed by atoms with van der Waals surface area (Å²) in [6, 6.07) is 0. The molecule has 0 aromatic rings. The Morgan fingerprint density at radius 1 is 1.39 bits per heavy atom. The Morgan fingerprint density at radius 3 is 2.78 bits per heavy atom. The first-order chi connectivity index (χ1) is 8.68. The van der Waals surface area contributed by atoms with Gasteiger partial charge in [-0.25, -0.2) is 0 Å². The third kappa shape index (κ3) is 5.22. The van der Waals surface area contributed by atoms with Crippen LogP contribution >= 0.6 is 0 Å². The van der Waals surface area contributed by atoms with E-state index >= 15 is 0 Å². The highest BCUT2D eigenvalue weighted by atomic mass is 16.5. The minimum atomic E-state index is -0.382. The predicted octanol–water partition coefficient (Wildman–Crippen LogP) is 1.18. The van der Waals surface area contributed by atoms with Crippen LogP contribution in [0.5, 0.6) is 0 Å². The Balaban J connectivity index is 1.50. The van der Waals surface area contributed by atoms with Crippen LogP contribution in [0.2, 0.25) is 0 Å². The summed E-state index contributed by atoms with van der Waals surface area (Å²) in [4.78, 5) is 0. The molecule has 1 saturated carbocycles.